The van der Waals surface area contributed by atoms with Crippen molar-refractivity contribution < 1.29 is 23.9 Å². The molecule has 0 saturated heterocycles. The molecule has 2 atom stereocenters. The van der Waals surface area contributed by atoms with E-state index in [9.17, 15) is 14.4 Å². The number of methoxy groups -OCH3 is 1. The maximum absolute atomic E-state index is 13.4. The predicted octanol–water partition coefficient (Wildman–Crippen LogP) is 5.83. The van der Waals surface area contributed by atoms with Gasteiger partial charge in [0.1, 0.15) is 17.8 Å². The van der Waals surface area contributed by atoms with Gasteiger partial charge < -0.3 is 19.8 Å². The number of imidazole rings is 1. The van der Waals surface area contributed by atoms with Crippen LogP contribution in [0.3, 0.4) is 0 Å². The molecule has 0 radical (unpaired) electrons. The second-order valence-corrected chi connectivity index (χ2v) is 12.7. The minimum Gasteiger partial charge on any atom is -0.460 e. The number of amides is 2. The van der Waals surface area contributed by atoms with E-state index in [1.165, 1.54) is 24.2 Å². The molecule has 47 heavy (non-hydrogen) atoms. The van der Waals surface area contributed by atoms with E-state index in [-0.39, 0.29) is 11.9 Å². The normalized spacial score (nSPS) is 16.8. The van der Waals surface area contributed by atoms with Crippen LogP contribution in [0, 0.1) is 5.92 Å². The lowest BCUT2D eigenvalue weighted by Crippen LogP contribution is -2.30. The number of esters is 1. The first kappa shape index (κ1) is 33.3. The number of carbonyl (C=O) groups is 3. The SMILES string of the molecule is COC(=O)Nc1ccc2c(c1)CC(C(=O)OC(C)(C)C)CCCCC(NC(=O)C=Cc1cc(Cl)ccc1-n1cnnn1)c1nc-2c[nH]1. The number of aromatic amines is 1. The van der Waals surface area contributed by atoms with Gasteiger partial charge in [-0.2, -0.15) is 4.68 Å². The summed E-state index contributed by atoms with van der Waals surface area (Å²) in [5, 5.41) is 17.6. The van der Waals surface area contributed by atoms with Crippen LogP contribution in [-0.2, 0) is 25.5 Å². The molecule has 246 valence electrons. The molecule has 13 nitrogen and oxygen atoms in total. The van der Waals surface area contributed by atoms with Gasteiger partial charge in [-0.3, -0.25) is 14.9 Å². The van der Waals surface area contributed by atoms with Gasteiger partial charge in [0.15, 0.2) is 0 Å². The molecule has 0 aliphatic carbocycles. The van der Waals surface area contributed by atoms with Gasteiger partial charge in [0.2, 0.25) is 5.91 Å². The highest BCUT2D eigenvalue weighted by atomic mass is 35.5. The number of tetrazole rings is 1. The Kier molecular flexibility index (Phi) is 10.3. The highest BCUT2D eigenvalue weighted by Gasteiger charge is 2.28. The number of benzene rings is 2. The van der Waals surface area contributed by atoms with Crippen molar-refractivity contribution in [3.63, 3.8) is 0 Å². The summed E-state index contributed by atoms with van der Waals surface area (Å²) >= 11 is 6.24. The van der Waals surface area contributed by atoms with Crippen LogP contribution < -0.4 is 10.6 Å². The van der Waals surface area contributed by atoms with Gasteiger partial charge in [-0.05, 0) is 92.4 Å². The monoisotopic (exact) mass is 660 g/mol. The van der Waals surface area contributed by atoms with E-state index in [0.29, 0.717) is 59.2 Å². The van der Waals surface area contributed by atoms with Crippen molar-refractivity contribution >= 4 is 41.3 Å². The maximum Gasteiger partial charge on any atom is 0.411 e. The number of hydrogen-bond acceptors (Lipinski definition) is 9. The Morgan fingerprint density at radius 2 is 1.91 bits per heavy atom. The van der Waals surface area contributed by atoms with Gasteiger partial charge in [0, 0.05) is 34.1 Å². The molecule has 2 aromatic heterocycles. The third-order valence-electron chi connectivity index (χ3n) is 7.56. The minimum atomic E-state index is -0.643. The smallest absolute Gasteiger partial charge is 0.411 e. The molecule has 2 aromatic carbocycles. The van der Waals surface area contributed by atoms with Crippen LogP contribution in [0.1, 0.15) is 69.4 Å². The molecule has 3 heterocycles. The van der Waals surface area contributed by atoms with Crippen LogP contribution in [0.25, 0.3) is 23.0 Å². The number of rotatable bonds is 6. The summed E-state index contributed by atoms with van der Waals surface area (Å²) in [5.74, 6) is -0.437. The third kappa shape index (κ3) is 8.82. The van der Waals surface area contributed by atoms with E-state index < -0.39 is 23.7 Å². The van der Waals surface area contributed by atoms with Gasteiger partial charge >= 0.3 is 12.1 Å². The van der Waals surface area contributed by atoms with Gasteiger partial charge in [0.25, 0.3) is 0 Å². The van der Waals surface area contributed by atoms with Crippen molar-refractivity contribution in [3.8, 4) is 16.9 Å². The van der Waals surface area contributed by atoms with Crippen molar-refractivity contribution in [3.05, 3.63) is 77.0 Å². The molecule has 0 saturated carbocycles. The Balaban J connectivity index is 1.42. The summed E-state index contributed by atoms with van der Waals surface area (Å²) in [5.41, 5.74) is 3.45. The van der Waals surface area contributed by atoms with Gasteiger partial charge in [0.05, 0.1) is 30.5 Å². The average molecular weight is 661 g/mol. The Morgan fingerprint density at radius 1 is 1.11 bits per heavy atom. The predicted molar refractivity (Wildman–Crippen MR) is 176 cm³/mol. The molecule has 2 unspecified atom stereocenters. The Labute approximate surface area is 277 Å². The fraction of sp³-hybridized carbons (Fsp3) is 0.364. The van der Waals surface area contributed by atoms with Crippen LogP contribution >= 0.6 is 11.6 Å². The molecular weight excluding hydrogens is 624 g/mol. The summed E-state index contributed by atoms with van der Waals surface area (Å²) in [6, 6.07) is 10.2. The lowest BCUT2D eigenvalue weighted by molar-refractivity contribution is -0.160. The molecule has 0 fully saturated rings. The highest BCUT2D eigenvalue weighted by molar-refractivity contribution is 6.30. The summed E-state index contributed by atoms with van der Waals surface area (Å²) in [7, 11) is 1.29. The lowest BCUT2D eigenvalue weighted by Gasteiger charge is -2.25. The number of nitrogens with one attached hydrogen (secondary N) is 3. The standard InChI is InChI=1S/C33H37ClN8O5/c1-33(2,3)47-31(44)21-7-5-6-8-26(38-29(43)14-9-20-16-23(34)10-13-28(20)42-19-36-40-41-42)30-35-18-27(39-30)25-12-11-24(17-22(25)15-21)37-32(45)46-4/h9-14,16-19,21,26H,5-8,15H2,1-4H3,(H,35,39)(H,37,45)(H,38,43). The number of ether oxygens (including phenoxy) is 2. The Bertz CT molecular complexity index is 1760. The summed E-state index contributed by atoms with van der Waals surface area (Å²) in [6.07, 6.45) is 8.73. The zero-order chi connectivity index (χ0) is 33.6. The maximum atomic E-state index is 13.4. The number of anilines is 1. The molecule has 2 bridgehead atoms. The first-order chi connectivity index (χ1) is 22.5. The van der Waals surface area contributed by atoms with Crippen molar-refractivity contribution in [2.45, 2.75) is 64.5 Å². The number of nitrogens with zero attached hydrogens (tertiary/aromatic N) is 5. The number of H-pyrrole nitrogens is 1. The minimum absolute atomic E-state index is 0.286. The summed E-state index contributed by atoms with van der Waals surface area (Å²) < 4.78 is 12.1. The fourth-order valence-corrected chi connectivity index (χ4v) is 5.59. The van der Waals surface area contributed by atoms with Crippen LogP contribution in [-0.4, -0.2) is 60.9 Å². The second kappa shape index (κ2) is 14.6. The molecule has 3 N–H and O–H groups in total. The van der Waals surface area contributed by atoms with Crippen LogP contribution in [0.4, 0.5) is 10.5 Å². The fourth-order valence-electron chi connectivity index (χ4n) is 5.41. The van der Waals surface area contributed by atoms with E-state index in [0.717, 1.165) is 17.5 Å². The topological polar surface area (TPSA) is 166 Å². The lowest BCUT2D eigenvalue weighted by atomic mass is 9.89. The van der Waals surface area contributed by atoms with E-state index in [4.69, 9.17) is 26.1 Å². The van der Waals surface area contributed by atoms with Crippen LogP contribution in [0.2, 0.25) is 5.02 Å². The zero-order valence-corrected chi connectivity index (χ0v) is 27.4. The zero-order valence-electron chi connectivity index (χ0n) is 26.6. The van der Waals surface area contributed by atoms with Crippen molar-refractivity contribution in [2.75, 3.05) is 12.4 Å². The number of fused-ring (bicyclic) bond motifs is 4. The summed E-state index contributed by atoms with van der Waals surface area (Å²) in [6.45, 7) is 5.54. The number of hydrogen-bond donors (Lipinski definition) is 3. The van der Waals surface area contributed by atoms with E-state index in [1.54, 1.807) is 36.5 Å². The average Bonchev–Trinajstić information content (AvgIpc) is 3.73. The first-order valence-corrected chi connectivity index (χ1v) is 15.6. The highest BCUT2D eigenvalue weighted by Crippen LogP contribution is 2.32. The number of halogens is 1. The molecule has 0 spiro atoms. The first-order valence-electron chi connectivity index (χ1n) is 15.3. The second-order valence-electron chi connectivity index (χ2n) is 12.2. The van der Waals surface area contributed by atoms with Crippen molar-refractivity contribution in [1.82, 2.24) is 35.5 Å². The molecule has 5 rings (SSSR count). The van der Waals surface area contributed by atoms with Gasteiger partial charge in [-0.25, -0.2) is 9.78 Å². The number of carbonyl (C=O) groups excluding carboxylic acids is 3. The van der Waals surface area contributed by atoms with E-state index in [2.05, 4.69) is 31.1 Å². The van der Waals surface area contributed by atoms with Crippen LogP contribution in [0.15, 0.2) is 55.0 Å². The molecule has 14 heteroatoms. The van der Waals surface area contributed by atoms with Crippen molar-refractivity contribution in [2.24, 2.45) is 5.92 Å². The Morgan fingerprint density at radius 3 is 2.66 bits per heavy atom. The molecule has 1 aliphatic rings. The summed E-state index contributed by atoms with van der Waals surface area (Å²) in [4.78, 5) is 46.7. The Hall–Kier alpha value is -5.04. The molecule has 4 aromatic rings. The molecule has 1 aliphatic heterocycles. The van der Waals surface area contributed by atoms with Crippen LogP contribution in [0.5, 0.6) is 0 Å². The molecular formula is C33H37ClN8O5. The van der Waals surface area contributed by atoms with E-state index in [1.807, 2.05) is 32.9 Å². The largest absolute Gasteiger partial charge is 0.460 e. The van der Waals surface area contributed by atoms with Gasteiger partial charge in [-0.15, -0.1) is 5.10 Å². The number of aromatic nitrogens is 6. The third-order valence-corrected chi connectivity index (χ3v) is 7.79. The quantitative estimate of drug-likeness (QED) is 0.170. The van der Waals surface area contributed by atoms with Gasteiger partial charge in [-0.1, -0.05) is 30.5 Å². The van der Waals surface area contributed by atoms with E-state index >= 15 is 0 Å². The molecule has 2 amide bonds. The van der Waals surface area contributed by atoms with Crippen molar-refractivity contribution in [1.29, 1.82) is 0 Å².